The van der Waals surface area contributed by atoms with Crippen LogP contribution in [-0.2, 0) is 14.2 Å². The van der Waals surface area contributed by atoms with E-state index in [4.69, 9.17) is 19.9 Å². The fourth-order valence-electron chi connectivity index (χ4n) is 7.20. The number of hydrogen-bond donors (Lipinski definition) is 10. The van der Waals surface area contributed by atoms with Gasteiger partial charge in [0.1, 0.15) is 65.8 Å². The summed E-state index contributed by atoms with van der Waals surface area (Å²) in [4.78, 5) is 12.1. The molecular weight excluding hydrogens is 550 g/mol. The fraction of sp³-hybridized carbons (Fsp3) is 0.625. The molecule has 222 valence electrons. The molecule has 0 aromatic carbocycles. The number of nitrogens with zero attached hydrogens (tertiary/aromatic N) is 4. The molecule has 11 N–H and O–H groups in total. The van der Waals surface area contributed by atoms with E-state index < -0.39 is 90.2 Å². The van der Waals surface area contributed by atoms with Crippen LogP contribution in [0.2, 0.25) is 0 Å². The van der Waals surface area contributed by atoms with Crippen LogP contribution >= 0.6 is 0 Å². The second-order valence-corrected chi connectivity index (χ2v) is 11.1. The van der Waals surface area contributed by atoms with Crippen molar-refractivity contribution < 1.29 is 60.2 Å². The maximum atomic E-state index is 12.9. The number of rotatable bonds is 6. The first-order valence-corrected chi connectivity index (χ1v) is 12.8. The topological polar surface area (TPSA) is 279 Å². The predicted octanol–water partition coefficient (Wildman–Crippen LogP) is -5.66. The Morgan fingerprint density at radius 1 is 0.854 bits per heavy atom. The smallest absolute Gasteiger partial charge is 0.167 e. The lowest BCUT2D eigenvalue weighted by atomic mass is 9.49. The quantitative estimate of drug-likeness (QED) is 0.143. The highest BCUT2D eigenvalue weighted by Gasteiger charge is 2.89. The summed E-state index contributed by atoms with van der Waals surface area (Å²) in [6.07, 6.45) is -7.01. The Bertz CT molecular complexity index is 1420. The number of nitrogen functional groups attached to an aromatic ring is 1. The molecule has 3 fully saturated rings. The van der Waals surface area contributed by atoms with Crippen LogP contribution in [0.1, 0.15) is 6.23 Å². The lowest BCUT2D eigenvalue weighted by Gasteiger charge is -2.64. The maximum absolute atomic E-state index is 12.9. The summed E-state index contributed by atoms with van der Waals surface area (Å²) < 4.78 is 19.1. The molecule has 5 aliphatic rings. The van der Waals surface area contributed by atoms with Gasteiger partial charge in [0.25, 0.3) is 0 Å². The molecular formula is C24H29N5O12. The zero-order valence-electron chi connectivity index (χ0n) is 21.1. The molecule has 5 heterocycles. The van der Waals surface area contributed by atoms with Crippen molar-refractivity contribution >= 4 is 17.0 Å². The van der Waals surface area contributed by atoms with Gasteiger partial charge in [-0.15, -0.1) is 0 Å². The molecule has 2 aromatic heterocycles. The second-order valence-electron chi connectivity index (χ2n) is 11.1. The van der Waals surface area contributed by atoms with E-state index in [0.29, 0.717) is 0 Å². The summed E-state index contributed by atoms with van der Waals surface area (Å²) in [5.74, 6) is 0.0220. The van der Waals surface area contributed by atoms with E-state index in [-0.39, 0.29) is 17.0 Å². The van der Waals surface area contributed by atoms with Crippen molar-refractivity contribution in [2.45, 2.75) is 77.0 Å². The average molecular weight is 580 g/mol. The van der Waals surface area contributed by atoms with Crippen molar-refractivity contribution in [3.8, 4) is 0 Å². The van der Waals surface area contributed by atoms with Gasteiger partial charge >= 0.3 is 0 Å². The van der Waals surface area contributed by atoms with E-state index in [9.17, 15) is 46.0 Å². The third-order valence-electron chi connectivity index (χ3n) is 9.42. The Balaban J connectivity index is 1.41. The summed E-state index contributed by atoms with van der Waals surface area (Å²) >= 11 is 0. The zero-order valence-corrected chi connectivity index (χ0v) is 21.1. The number of fused-ring (bicyclic) bond motifs is 3. The largest absolute Gasteiger partial charge is 0.394 e. The number of nitrogens with two attached hydrogens (primary N) is 1. The van der Waals surface area contributed by atoms with Gasteiger partial charge in [0, 0.05) is 0 Å². The first kappa shape index (κ1) is 27.2. The van der Waals surface area contributed by atoms with Gasteiger partial charge in [-0.1, -0.05) is 0 Å². The van der Waals surface area contributed by atoms with Gasteiger partial charge in [-0.3, -0.25) is 4.57 Å². The summed E-state index contributed by atoms with van der Waals surface area (Å²) in [5.41, 5.74) is -6.63. The molecule has 2 aromatic rings. The van der Waals surface area contributed by atoms with Crippen LogP contribution in [0.4, 0.5) is 5.82 Å². The molecule has 3 saturated heterocycles. The van der Waals surface area contributed by atoms with Gasteiger partial charge in [-0.25, -0.2) is 15.0 Å². The van der Waals surface area contributed by atoms with Crippen LogP contribution in [0.5, 0.6) is 0 Å². The molecule has 17 nitrogen and oxygen atoms in total. The highest BCUT2D eigenvalue weighted by atomic mass is 16.6. The van der Waals surface area contributed by atoms with Gasteiger partial charge in [-0.2, -0.15) is 0 Å². The summed E-state index contributed by atoms with van der Waals surface area (Å²) in [5, 5.41) is 100. The number of hydrogen-bond acceptors (Lipinski definition) is 16. The first-order valence-electron chi connectivity index (χ1n) is 12.8. The van der Waals surface area contributed by atoms with Crippen LogP contribution in [0.25, 0.3) is 11.2 Å². The summed E-state index contributed by atoms with van der Waals surface area (Å²) in [7, 11) is 0. The monoisotopic (exact) mass is 579 g/mol. The van der Waals surface area contributed by atoms with E-state index >= 15 is 0 Å². The van der Waals surface area contributed by atoms with Gasteiger partial charge < -0.3 is 65.9 Å². The predicted molar refractivity (Wildman–Crippen MR) is 130 cm³/mol. The minimum absolute atomic E-state index is 0.0220. The normalized spacial score (nSPS) is 49.5. The number of ether oxygens (including phenoxy) is 3. The van der Waals surface area contributed by atoms with E-state index in [1.54, 1.807) is 0 Å². The molecule has 0 saturated carbocycles. The lowest BCUT2D eigenvalue weighted by Crippen LogP contribution is -2.87. The standard InChI is InChI=1S/C24H29N5O12/c25-17-11-18(27-7-26-17)29(8-28-11)19-13(33)12(32)16(39-19)24(38,22-3-1-20(22,36)14(34)9(5-30)40-22)23-4-2-21(23,37)15(35)10(6-31)41-23/h1-4,7-10,12-16,19,30-38H,5-6H2,(H2,25,26,27)/t9-,10-,12+,13-,14-,15-,16+,19-,20-,21-,22?,23?,24?/m1/s1. The third kappa shape index (κ3) is 2.75. The Morgan fingerprint density at radius 2 is 1.41 bits per heavy atom. The van der Waals surface area contributed by atoms with Crippen LogP contribution in [0.3, 0.4) is 0 Å². The summed E-state index contributed by atoms with van der Waals surface area (Å²) in [6.45, 7) is -1.61. The van der Waals surface area contributed by atoms with Crippen LogP contribution in [-0.4, -0.2) is 149 Å². The molecule has 17 heteroatoms. The van der Waals surface area contributed by atoms with Gasteiger partial charge in [0.2, 0.25) is 0 Å². The molecule has 0 amide bonds. The number of aromatic nitrogens is 4. The molecule has 0 bridgehead atoms. The highest BCUT2D eigenvalue weighted by molar-refractivity contribution is 5.81. The maximum Gasteiger partial charge on any atom is 0.167 e. The highest BCUT2D eigenvalue weighted by Crippen LogP contribution is 2.66. The molecule has 41 heavy (non-hydrogen) atoms. The first-order chi connectivity index (χ1) is 19.4. The SMILES string of the molecule is Nc1ncnc2c1ncn2[C@@H]1O[C@H](C(O)(C23C=C[C@@]2(O)[C@H](O)[C@@H](CO)O3)C23C=C[C@@]2(O)[C@H](O)[C@@H](CO)O3)[C@@H](O)[C@H]1O. The van der Waals surface area contributed by atoms with Crippen molar-refractivity contribution in [1.82, 2.24) is 19.5 Å². The molecule has 0 spiro atoms. The molecule has 2 unspecified atom stereocenters. The van der Waals surface area contributed by atoms with E-state index in [2.05, 4.69) is 15.0 Å². The van der Waals surface area contributed by atoms with Crippen molar-refractivity contribution in [1.29, 1.82) is 0 Å². The van der Waals surface area contributed by atoms with Gasteiger partial charge in [0.15, 0.2) is 34.5 Å². The van der Waals surface area contributed by atoms with Crippen molar-refractivity contribution in [2.24, 2.45) is 0 Å². The third-order valence-corrected chi connectivity index (χ3v) is 9.42. The number of aliphatic hydroxyl groups is 9. The minimum Gasteiger partial charge on any atom is -0.394 e. The molecule has 3 aliphatic heterocycles. The number of imidazole rings is 1. The molecule has 2 aliphatic carbocycles. The van der Waals surface area contributed by atoms with Gasteiger partial charge in [-0.05, 0) is 24.3 Å². The Morgan fingerprint density at radius 3 is 1.90 bits per heavy atom. The van der Waals surface area contributed by atoms with E-state index in [1.165, 1.54) is 10.9 Å². The Kier molecular flexibility index (Phi) is 5.47. The molecule has 0 radical (unpaired) electrons. The van der Waals surface area contributed by atoms with E-state index in [0.717, 1.165) is 30.6 Å². The number of aliphatic hydroxyl groups excluding tert-OH is 6. The van der Waals surface area contributed by atoms with Crippen LogP contribution in [0.15, 0.2) is 37.0 Å². The van der Waals surface area contributed by atoms with Crippen molar-refractivity contribution in [3.63, 3.8) is 0 Å². The lowest BCUT2D eigenvalue weighted by molar-refractivity contribution is -0.338. The minimum atomic E-state index is -2.97. The van der Waals surface area contributed by atoms with E-state index in [1.807, 2.05) is 0 Å². The average Bonchev–Trinajstić information content (AvgIpc) is 3.59. The Labute approximate surface area is 230 Å². The second kappa shape index (κ2) is 8.25. The fourth-order valence-corrected chi connectivity index (χ4v) is 7.20. The summed E-state index contributed by atoms with van der Waals surface area (Å²) in [6, 6.07) is 0. The zero-order chi connectivity index (χ0) is 29.3. The van der Waals surface area contributed by atoms with Crippen LogP contribution < -0.4 is 5.73 Å². The Hall–Kier alpha value is -2.65. The molecule has 12 atom stereocenters. The van der Waals surface area contributed by atoms with Gasteiger partial charge in [0.05, 0.1) is 19.5 Å². The van der Waals surface area contributed by atoms with Crippen molar-refractivity contribution in [2.75, 3.05) is 18.9 Å². The van der Waals surface area contributed by atoms with Crippen LogP contribution in [0, 0.1) is 0 Å². The number of anilines is 1. The molecule has 7 rings (SSSR count). The van der Waals surface area contributed by atoms with Crippen molar-refractivity contribution in [3.05, 3.63) is 37.0 Å².